The number of ketones is 2. The van der Waals surface area contributed by atoms with E-state index in [1.807, 2.05) is 6.26 Å². The number of benzene rings is 1. The molecule has 0 bridgehead atoms. The zero-order valence-electron chi connectivity index (χ0n) is 20.7. The highest BCUT2D eigenvalue weighted by Gasteiger charge is 2.71. The summed E-state index contributed by atoms with van der Waals surface area (Å²) in [5.41, 5.74) is 2.66. The van der Waals surface area contributed by atoms with Crippen molar-refractivity contribution in [3.05, 3.63) is 34.9 Å². The van der Waals surface area contributed by atoms with Crippen LogP contribution in [0.1, 0.15) is 43.7 Å². The molecule has 0 heterocycles. The SMILES string of the molecule is CCC(=O)O[C@H]1C2C(=C(O)c3c(O)cccc3[C@@H]2CSC)C(=O)[C@]2(O)C(=O)C(C(N)=O)C(O)[C@@H](CC)C12. The van der Waals surface area contributed by atoms with Gasteiger partial charge in [-0.3, -0.25) is 19.2 Å². The van der Waals surface area contributed by atoms with E-state index in [9.17, 15) is 39.6 Å². The second-order valence-corrected chi connectivity index (χ2v) is 10.7. The highest BCUT2D eigenvalue weighted by atomic mass is 32.2. The molecular formula is C26H31NO9S. The first-order valence-corrected chi connectivity index (χ1v) is 13.6. The van der Waals surface area contributed by atoms with Gasteiger partial charge in [0, 0.05) is 35.5 Å². The van der Waals surface area contributed by atoms with Gasteiger partial charge < -0.3 is 30.9 Å². The number of ether oxygens (including phenoxy) is 1. The van der Waals surface area contributed by atoms with E-state index in [-0.39, 0.29) is 29.7 Å². The quantitative estimate of drug-likeness (QED) is 0.262. The number of aliphatic hydroxyl groups is 3. The van der Waals surface area contributed by atoms with E-state index in [1.54, 1.807) is 26.0 Å². The Morgan fingerprint density at radius 3 is 2.43 bits per heavy atom. The first kappa shape index (κ1) is 27.2. The van der Waals surface area contributed by atoms with Crippen molar-refractivity contribution in [1.29, 1.82) is 0 Å². The second kappa shape index (κ2) is 9.77. The molecule has 0 saturated heterocycles. The van der Waals surface area contributed by atoms with Gasteiger partial charge in [-0.25, -0.2) is 0 Å². The van der Waals surface area contributed by atoms with Crippen LogP contribution in [0.15, 0.2) is 23.8 Å². The summed E-state index contributed by atoms with van der Waals surface area (Å²) in [4.78, 5) is 52.5. The monoisotopic (exact) mass is 533 g/mol. The molecule has 2 fully saturated rings. The number of carbonyl (C=O) groups excluding carboxylic acids is 4. The number of hydrogen-bond acceptors (Lipinski definition) is 10. The number of Topliss-reactive ketones (excluding diaryl/α,β-unsaturated/α-hetero) is 2. The molecule has 10 nitrogen and oxygen atoms in total. The third-order valence-corrected chi connectivity index (χ3v) is 8.79. The van der Waals surface area contributed by atoms with Crippen LogP contribution in [0.2, 0.25) is 0 Å². The molecule has 37 heavy (non-hydrogen) atoms. The number of aromatic hydroxyl groups is 1. The summed E-state index contributed by atoms with van der Waals surface area (Å²) < 4.78 is 5.84. The summed E-state index contributed by atoms with van der Waals surface area (Å²) in [5.74, 6) is -10.7. The predicted molar refractivity (Wildman–Crippen MR) is 133 cm³/mol. The lowest BCUT2D eigenvalue weighted by Crippen LogP contribution is -2.73. The Hall–Kier alpha value is -2.89. The van der Waals surface area contributed by atoms with Crippen molar-refractivity contribution in [2.45, 2.75) is 50.4 Å². The fourth-order valence-electron chi connectivity index (χ4n) is 6.51. The van der Waals surface area contributed by atoms with Crippen LogP contribution in [-0.2, 0) is 23.9 Å². The summed E-state index contributed by atoms with van der Waals surface area (Å²) >= 11 is 1.43. The first-order valence-electron chi connectivity index (χ1n) is 12.2. The van der Waals surface area contributed by atoms with Crippen molar-refractivity contribution in [1.82, 2.24) is 0 Å². The van der Waals surface area contributed by atoms with Crippen molar-refractivity contribution >= 4 is 41.0 Å². The van der Waals surface area contributed by atoms with E-state index >= 15 is 0 Å². The highest BCUT2D eigenvalue weighted by Crippen LogP contribution is 2.58. The van der Waals surface area contributed by atoms with E-state index in [0.717, 1.165) is 0 Å². The summed E-state index contributed by atoms with van der Waals surface area (Å²) in [6.45, 7) is 3.22. The van der Waals surface area contributed by atoms with Crippen LogP contribution in [0.4, 0.5) is 0 Å². The summed E-state index contributed by atoms with van der Waals surface area (Å²) in [5, 5.41) is 44.9. The largest absolute Gasteiger partial charge is 0.507 e. The average molecular weight is 534 g/mol. The molecule has 4 rings (SSSR count). The average Bonchev–Trinajstić information content (AvgIpc) is 2.85. The van der Waals surface area contributed by atoms with Crippen molar-refractivity contribution in [2.24, 2.45) is 29.4 Å². The molecule has 2 saturated carbocycles. The number of nitrogens with two attached hydrogens (primary N) is 1. The van der Waals surface area contributed by atoms with E-state index in [1.165, 1.54) is 17.8 Å². The number of phenolic OH excluding ortho intramolecular Hbond substituents is 1. The highest BCUT2D eigenvalue weighted by molar-refractivity contribution is 7.98. The third kappa shape index (κ3) is 3.78. The molecule has 8 atom stereocenters. The van der Waals surface area contributed by atoms with Gasteiger partial charge in [0.1, 0.15) is 23.5 Å². The van der Waals surface area contributed by atoms with Crippen molar-refractivity contribution in [3.63, 3.8) is 0 Å². The summed E-state index contributed by atoms with van der Waals surface area (Å²) in [6.07, 6.45) is -1.02. The fraction of sp³-hybridized carbons (Fsp3) is 0.538. The number of aliphatic hydroxyl groups excluding tert-OH is 2. The molecule has 1 aromatic rings. The zero-order chi connectivity index (χ0) is 27.4. The van der Waals surface area contributed by atoms with Crippen molar-refractivity contribution in [2.75, 3.05) is 12.0 Å². The number of carbonyl (C=O) groups is 4. The maximum Gasteiger partial charge on any atom is 0.305 e. The number of esters is 1. The topological polar surface area (TPSA) is 184 Å². The predicted octanol–water partition coefficient (Wildman–Crippen LogP) is 1.06. The second-order valence-electron chi connectivity index (χ2n) is 9.83. The van der Waals surface area contributed by atoms with Crippen LogP contribution in [-0.4, -0.2) is 73.7 Å². The van der Waals surface area contributed by atoms with Gasteiger partial charge in [0.25, 0.3) is 0 Å². The first-order chi connectivity index (χ1) is 17.5. The van der Waals surface area contributed by atoms with Gasteiger partial charge in [-0.05, 0) is 23.8 Å². The summed E-state index contributed by atoms with van der Waals surface area (Å²) in [6, 6.07) is 4.62. The Morgan fingerprint density at radius 2 is 1.86 bits per heavy atom. The van der Waals surface area contributed by atoms with Crippen LogP contribution in [0.5, 0.6) is 5.75 Å². The molecule has 200 valence electrons. The van der Waals surface area contributed by atoms with Gasteiger partial charge in [-0.15, -0.1) is 0 Å². The minimum absolute atomic E-state index is 0.00875. The standard InChI is InChI=1S/C26H31NO9S/c1-4-10-19-22(36-14(29)5-2)16-12(9-37-3)11-7-6-8-13(28)15(11)21(31)17(16)23(32)26(19,35)24(33)18(20(10)30)25(27)34/h6-8,10,12,16,18-20,22,28,30-31,35H,4-5,9H2,1-3H3,(H2,27,34)/t10-,12-,16?,18?,19?,20?,22-,26-/m0/s1. The fourth-order valence-corrected chi connectivity index (χ4v) is 7.26. The molecule has 0 aromatic heterocycles. The molecule has 0 radical (unpaired) electrons. The molecule has 0 spiro atoms. The molecule has 3 aliphatic rings. The van der Waals surface area contributed by atoms with Gasteiger partial charge in [0.05, 0.1) is 11.7 Å². The van der Waals surface area contributed by atoms with Gasteiger partial charge >= 0.3 is 5.97 Å². The van der Waals surface area contributed by atoms with Crippen LogP contribution >= 0.6 is 11.8 Å². The molecule has 1 aromatic carbocycles. The molecule has 6 N–H and O–H groups in total. The van der Waals surface area contributed by atoms with E-state index in [4.69, 9.17) is 10.5 Å². The van der Waals surface area contributed by atoms with E-state index in [2.05, 4.69) is 0 Å². The molecule has 4 unspecified atom stereocenters. The number of amides is 1. The molecular weight excluding hydrogens is 502 g/mol. The van der Waals surface area contributed by atoms with Crippen molar-refractivity contribution < 1.29 is 44.3 Å². The van der Waals surface area contributed by atoms with Crippen LogP contribution in [0.3, 0.4) is 0 Å². The minimum Gasteiger partial charge on any atom is -0.507 e. The number of fused-ring (bicyclic) bond motifs is 3. The number of rotatable bonds is 6. The molecule has 3 aliphatic carbocycles. The van der Waals surface area contributed by atoms with Gasteiger partial charge in [0.2, 0.25) is 11.7 Å². The van der Waals surface area contributed by atoms with Gasteiger partial charge in [-0.2, -0.15) is 11.8 Å². The lowest BCUT2D eigenvalue weighted by atomic mass is 9.50. The Bertz CT molecular complexity index is 1200. The third-order valence-electron chi connectivity index (χ3n) is 8.09. The molecule has 0 aliphatic heterocycles. The van der Waals surface area contributed by atoms with E-state index in [0.29, 0.717) is 11.3 Å². The molecule has 11 heteroatoms. The number of hydrogen-bond donors (Lipinski definition) is 5. The van der Waals surface area contributed by atoms with Gasteiger partial charge in [-0.1, -0.05) is 32.4 Å². The van der Waals surface area contributed by atoms with Crippen molar-refractivity contribution in [3.8, 4) is 5.75 Å². The Kier molecular flexibility index (Phi) is 7.17. The lowest BCUT2D eigenvalue weighted by molar-refractivity contribution is -0.206. The maximum atomic E-state index is 14.1. The van der Waals surface area contributed by atoms with Crippen LogP contribution in [0.25, 0.3) is 5.76 Å². The Morgan fingerprint density at radius 1 is 1.19 bits per heavy atom. The van der Waals surface area contributed by atoms with Gasteiger partial charge in [0.15, 0.2) is 11.4 Å². The normalized spacial score (nSPS) is 34.9. The molecule has 1 amide bonds. The lowest BCUT2D eigenvalue weighted by Gasteiger charge is -2.56. The minimum atomic E-state index is -2.90. The summed E-state index contributed by atoms with van der Waals surface area (Å²) in [7, 11) is 0. The number of phenols is 1. The number of primary amides is 1. The number of thioether (sulfide) groups is 1. The Balaban J connectivity index is 2.07. The maximum absolute atomic E-state index is 14.1. The van der Waals surface area contributed by atoms with Crippen LogP contribution < -0.4 is 5.73 Å². The smallest absolute Gasteiger partial charge is 0.305 e. The Labute approximate surface area is 217 Å². The zero-order valence-corrected chi connectivity index (χ0v) is 21.5. The van der Waals surface area contributed by atoms with Crippen LogP contribution in [0, 0.1) is 23.7 Å². The van der Waals surface area contributed by atoms with E-state index < -0.39 is 76.6 Å².